The van der Waals surface area contributed by atoms with Crippen molar-refractivity contribution in [2.45, 2.75) is 58.9 Å². The minimum absolute atomic E-state index is 0.253. The molecule has 1 amide bonds. The van der Waals surface area contributed by atoms with Gasteiger partial charge in [-0.25, -0.2) is 0 Å². The van der Waals surface area contributed by atoms with Gasteiger partial charge in [0.05, 0.1) is 0 Å². The minimum Gasteiger partial charge on any atom is -0.406 e. The number of hydrogen-bond acceptors (Lipinski definition) is 5. The predicted molar refractivity (Wildman–Crippen MR) is 126 cm³/mol. The molecule has 0 spiro atoms. The highest BCUT2D eigenvalue weighted by molar-refractivity contribution is 7.84. The van der Waals surface area contributed by atoms with Crippen LogP contribution in [0.4, 0.5) is 13.2 Å². The zero-order valence-corrected chi connectivity index (χ0v) is 20.1. The molecule has 5 nitrogen and oxygen atoms in total. The molecule has 2 rings (SSSR count). The summed E-state index contributed by atoms with van der Waals surface area (Å²) < 4.78 is 39.5. The van der Waals surface area contributed by atoms with E-state index in [4.69, 9.17) is 0 Å². The Bertz CT molecular complexity index is 742. The Labute approximate surface area is 194 Å². The first-order valence-corrected chi connectivity index (χ1v) is 11.2. The Morgan fingerprint density at radius 1 is 1.19 bits per heavy atom. The van der Waals surface area contributed by atoms with Crippen molar-refractivity contribution < 1.29 is 22.7 Å². The lowest BCUT2D eigenvalue weighted by Gasteiger charge is -2.28. The summed E-state index contributed by atoms with van der Waals surface area (Å²) in [7, 11) is 1.84. The van der Waals surface area contributed by atoms with Gasteiger partial charge < -0.3 is 9.64 Å². The molecule has 0 N–H and O–H groups in total. The Balaban J connectivity index is 0.000000330. The summed E-state index contributed by atoms with van der Waals surface area (Å²) in [6.45, 7) is 8.79. The van der Waals surface area contributed by atoms with Crippen molar-refractivity contribution in [3.63, 3.8) is 0 Å². The van der Waals surface area contributed by atoms with E-state index in [1.165, 1.54) is 49.9 Å². The van der Waals surface area contributed by atoms with E-state index >= 15 is 0 Å². The van der Waals surface area contributed by atoms with Gasteiger partial charge >= 0.3 is 6.36 Å². The highest BCUT2D eigenvalue weighted by Crippen LogP contribution is 2.23. The Kier molecular flexibility index (Phi) is 12.4. The number of allylic oxidation sites excluding steroid dienone is 2. The average molecular weight is 474 g/mol. The molecule has 1 aromatic rings. The number of likely N-dealkylation sites (N-methyl/N-ethyl adjacent to an activating group) is 2. The number of carbonyl (C=O) groups excluding carboxylic acids is 1. The van der Waals surface area contributed by atoms with E-state index in [-0.39, 0.29) is 5.75 Å². The maximum atomic E-state index is 11.9. The van der Waals surface area contributed by atoms with E-state index in [1.807, 2.05) is 7.05 Å². The van der Waals surface area contributed by atoms with Crippen LogP contribution in [-0.4, -0.2) is 61.5 Å². The number of amides is 1. The summed E-state index contributed by atoms with van der Waals surface area (Å²) in [4.78, 5) is 19.6. The smallest absolute Gasteiger partial charge is 0.406 e. The summed E-state index contributed by atoms with van der Waals surface area (Å²) in [5, 5.41) is 0. The van der Waals surface area contributed by atoms with Gasteiger partial charge in [-0.1, -0.05) is 19.8 Å². The number of halogens is 3. The molecule has 0 heterocycles. The maximum absolute atomic E-state index is 11.9. The molecule has 0 aromatic heterocycles. The lowest BCUT2D eigenvalue weighted by atomic mass is 10.2. The molecule has 1 aliphatic carbocycles. The van der Waals surface area contributed by atoms with E-state index in [0.29, 0.717) is 5.56 Å². The number of nitrogens with zero attached hydrogens (tertiary/aromatic N) is 3. The Morgan fingerprint density at radius 3 is 2.25 bits per heavy atom. The Hall–Kier alpha value is -2.00. The molecule has 0 atom stereocenters. The van der Waals surface area contributed by atoms with Crippen molar-refractivity contribution in [3.05, 3.63) is 40.4 Å². The summed E-state index contributed by atoms with van der Waals surface area (Å²) >= 11 is 4.12. The van der Waals surface area contributed by atoms with Crippen molar-refractivity contribution in [2.75, 3.05) is 26.7 Å². The molecule has 0 aliphatic heterocycles. The standard InChI is InChI=1S/C12H12F3NOS.C11H22N2O/c1-8(9(2)18)16-7-10-3-5-11(6-4-10)17-12(13,14)15;1-3-13(9-8-12(2)10-14)11-6-4-5-7-11/h3-7,18H,1-2H3;10-11H,3-9H2,1-2H3/b9-8-,16-7?;. The normalized spacial score (nSPS) is 15.4. The number of thiol groups is 1. The lowest BCUT2D eigenvalue weighted by molar-refractivity contribution is -0.274. The highest BCUT2D eigenvalue weighted by Gasteiger charge is 2.30. The maximum Gasteiger partial charge on any atom is 0.573 e. The number of aliphatic imine (C=N–C) groups is 1. The van der Waals surface area contributed by atoms with Crippen LogP contribution in [0.2, 0.25) is 0 Å². The van der Waals surface area contributed by atoms with Gasteiger partial charge in [0.1, 0.15) is 5.75 Å². The van der Waals surface area contributed by atoms with Gasteiger partial charge in [-0.05, 0) is 68.0 Å². The third-order valence-corrected chi connectivity index (χ3v) is 5.54. The van der Waals surface area contributed by atoms with Crippen LogP contribution >= 0.6 is 12.6 Å². The molecular weight excluding hydrogens is 439 g/mol. The van der Waals surface area contributed by atoms with Crippen molar-refractivity contribution in [3.8, 4) is 5.75 Å². The highest BCUT2D eigenvalue weighted by atomic mass is 32.1. The first kappa shape index (κ1) is 28.0. The van der Waals surface area contributed by atoms with Crippen LogP contribution in [0.3, 0.4) is 0 Å². The van der Waals surface area contributed by atoms with Crippen LogP contribution < -0.4 is 4.74 Å². The van der Waals surface area contributed by atoms with Gasteiger partial charge in [-0.15, -0.1) is 25.8 Å². The first-order valence-electron chi connectivity index (χ1n) is 10.7. The van der Waals surface area contributed by atoms with Gasteiger partial charge in [0.25, 0.3) is 0 Å². The fourth-order valence-corrected chi connectivity index (χ4v) is 3.29. The molecule has 1 saturated carbocycles. The second kappa shape index (κ2) is 14.2. The lowest BCUT2D eigenvalue weighted by Crippen LogP contribution is -2.38. The molecule has 0 saturated heterocycles. The fraction of sp³-hybridized carbons (Fsp3) is 0.565. The number of hydrogen-bond donors (Lipinski definition) is 1. The van der Waals surface area contributed by atoms with E-state index in [0.717, 1.165) is 42.7 Å². The second-order valence-electron chi connectivity index (χ2n) is 7.70. The average Bonchev–Trinajstić information content (AvgIpc) is 3.27. The molecule has 9 heteroatoms. The largest absolute Gasteiger partial charge is 0.573 e. The monoisotopic (exact) mass is 473 g/mol. The van der Waals surface area contributed by atoms with Gasteiger partial charge in [0.2, 0.25) is 6.41 Å². The van der Waals surface area contributed by atoms with Crippen molar-refractivity contribution in [2.24, 2.45) is 4.99 Å². The summed E-state index contributed by atoms with van der Waals surface area (Å²) in [5.41, 5.74) is 1.42. The number of alkyl halides is 3. The van der Waals surface area contributed by atoms with Crippen molar-refractivity contribution in [1.82, 2.24) is 9.80 Å². The zero-order valence-electron chi connectivity index (χ0n) is 19.2. The summed E-state index contributed by atoms with van der Waals surface area (Å²) in [5.74, 6) is -0.253. The van der Waals surface area contributed by atoms with Crippen LogP contribution in [0, 0.1) is 0 Å². The van der Waals surface area contributed by atoms with E-state index in [1.54, 1.807) is 25.0 Å². The van der Waals surface area contributed by atoms with Gasteiger partial charge in [-0.2, -0.15) is 0 Å². The van der Waals surface area contributed by atoms with Gasteiger partial charge in [0.15, 0.2) is 0 Å². The predicted octanol–water partition coefficient (Wildman–Crippen LogP) is 5.52. The van der Waals surface area contributed by atoms with Crippen LogP contribution in [0.5, 0.6) is 5.75 Å². The SMILES string of the molecule is C/C(S)=C(\C)N=Cc1ccc(OC(F)(F)F)cc1.CCN(CCN(C)C=O)C1CCCC1. The topological polar surface area (TPSA) is 45.1 Å². The van der Waals surface area contributed by atoms with Crippen LogP contribution in [0.25, 0.3) is 0 Å². The fourth-order valence-electron chi connectivity index (χ4n) is 3.23. The minimum atomic E-state index is -4.67. The number of rotatable bonds is 9. The quantitative estimate of drug-likeness (QED) is 0.292. The van der Waals surface area contributed by atoms with Gasteiger partial charge in [-0.3, -0.25) is 14.7 Å². The zero-order chi connectivity index (χ0) is 24.1. The number of ether oxygens (including phenoxy) is 1. The molecule has 0 bridgehead atoms. The molecular formula is C23H34F3N3O2S. The third-order valence-electron chi connectivity index (χ3n) is 5.21. The summed E-state index contributed by atoms with van der Waals surface area (Å²) in [6, 6.07) is 6.24. The number of carbonyl (C=O) groups is 1. The molecule has 1 fully saturated rings. The molecule has 32 heavy (non-hydrogen) atoms. The van der Waals surface area contributed by atoms with Crippen LogP contribution in [0.15, 0.2) is 39.9 Å². The molecule has 0 radical (unpaired) electrons. The van der Waals surface area contributed by atoms with Crippen LogP contribution in [0.1, 0.15) is 52.0 Å². The van der Waals surface area contributed by atoms with E-state index in [9.17, 15) is 18.0 Å². The summed E-state index contributed by atoms with van der Waals surface area (Å²) in [6.07, 6.45) is 3.24. The Morgan fingerprint density at radius 2 is 1.78 bits per heavy atom. The van der Waals surface area contributed by atoms with E-state index < -0.39 is 6.36 Å². The van der Waals surface area contributed by atoms with Gasteiger partial charge in [0, 0.05) is 38.1 Å². The van der Waals surface area contributed by atoms with Crippen molar-refractivity contribution >= 4 is 25.3 Å². The third kappa shape index (κ3) is 11.6. The molecule has 180 valence electrons. The second-order valence-corrected chi connectivity index (χ2v) is 8.37. The van der Waals surface area contributed by atoms with Crippen LogP contribution in [-0.2, 0) is 4.79 Å². The number of benzene rings is 1. The van der Waals surface area contributed by atoms with Crippen molar-refractivity contribution in [1.29, 1.82) is 0 Å². The first-order chi connectivity index (χ1) is 15.1. The van der Waals surface area contributed by atoms with E-state index in [2.05, 4.69) is 34.2 Å². The molecule has 1 aromatic carbocycles. The molecule has 1 aliphatic rings. The molecule has 0 unspecified atom stereocenters.